The number of hydrogen-bond acceptors (Lipinski definition) is 2. The van der Waals surface area contributed by atoms with Gasteiger partial charge in [-0.05, 0) is 6.42 Å². The molecular formula is C4H9NaO3. The molecule has 0 saturated carbocycles. The normalized spacial score (nSPS) is 11.8. The standard InChI is InChI=1S/C4H8O3.Na.H/c1-2-3(5)4(6)7;;/h3,5H,2H2,1H3,(H,6,7);;/q;+1;-1/t3-;;/m0../s1. The van der Waals surface area contributed by atoms with Crippen molar-refractivity contribution in [3.05, 3.63) is 0 Å². The zero-order valence-electron chi connectivity index (χ0n) is 6.09. The van der Waals surface area contributed by atoms with Gasteiger partial charge in [-0.2, -0.15) is 0 Å². The molecule has 0 unspecified atom stereocenters. The van der Waals surface area contributed by atoms with Crippen LogP contribution in [-0.2, 0) is 4.79 Å². The van der Waals surface area contributed by atoms with Crippen LogP contribution in [0.4, 0.5) is 0 Å². The minimum Gasteiger partial charge on any atom is -1.00 e. The first kappa shape index (κ1) is 11.3. The molecule has 0 rings (SSSR count). The number of carboxylic acids is 1. The van der Waals surface area contributed by atoms with Crippen LogP contribution in [0.25, 0.3) is 0 Å². The maximum absolute atomic E-state index is 9.68. The Morgan fingerprint density at radius 1 is 1.88 bits per heavy atom. The molecule has 8 heavy (non-hydrogen) atoms. The SMILES string of the molecule is CC[C@H](O)C(=O)O.[H-].[Na+]. The van der Waals surface area contributed by atoms with Gasteiger partial charge in [-0.25, -0.2) is 4.79 Å². The number of rotatable bonds is 2. The molecule has 44 valence electrons. The molecule has 4 heteroatoms. The average Bonchev–Trinajstić information content (AvgIpc) is 1.65. The summed E-state index contributed by atoms with van der Waals surface area (Å²) >= 11 is 0. The van der Waals surface area contributed by atoms with Crippen LogP contribution in [0.15, 0.2) is 0 Å². The molecule has 2 N–H and O–H groups in total. The maximum Gasteiger partial charge on any atom is 1.00 e. The maximum atomic E-state index is 9.68. The third-order valence-corrected chi connectivity index (χ3v) is 0.672. The molecule has 1 atom stereocenters. The number of carboxylic acid groups (broad SMARTS) is 1. The van der Waals surface area contributed by atoms with Gasteiger partial charge in [0, 0.05) is 0 Å². The van der Waals surface area contributed by atoms with Gasteiger partial charge in [-0.15, -0.1) is 0 Å². The van der Waals surface area contributed by atoms with E-state index in [4.69, 9.17) is 10.2 Å². The van der Waals surface area contributed by atoms with Crippen molar-refractivity contribution in [2.75, 3.05) is 0 Å². The average molecular weight is 128 g/mol. The molecule has 0 aliphatic carbocycles. The van der Waals surface area contributed by atoms with E-state index >= 15 is 0 Å². The van der Waals surface area contributed by atoms with E-state index in [1.165, 1.54) is 0 Å². The van der Waals surface area contributed by atoms with Crippen LogP contribution in [0.5, 0.6) is 0 Å². The predicted octanol–water partition coefficient (Wildman–Crippen LogP) is -3.04. The van der Waals surface area contributed by atoms with E-state index in [9.17, 15) is 4.79 Å². The van der Waals surface area contributed by atoms with Gasteiger partial charge in [-0.3, -0.25) is 0 Å². The molecule has 0 spiro atoms. The molecule has 0 amide bonds. The van der Waals surface area contributed by atoms with Crippen molar-refractivity contribution in [2.24, 2.45) is 0 Å². The first-order chi connectivity index (χ1) is 3.18. The summed E-state index contributed by atoms with van der Waals surface area (Å²) in [5.41, 5.74) is 0. The second-order valence-electron chi connectivity index (χ2n) is 1.26. The van der Waals surface area contributed by atoms with Crippen LogP contribution in [0.3, 0.4) is 0 Å². The fraction of sp³-hybridized carbons (Fsp3) is 0.750. The number of hydrogen-bond donors (Lipinski definition) is 2. The summed E-state index contributed by atoms with van der Waals surface area (Å²) in [6.07, 6.45) is -0.907. The van der Waals surface area contributed by atoms with E-state index in [-0.39, 0.29) is 37.4 Å². The Morgan fingerprint density at radius 3 is 2.25 bits per heavy atom. The van der Waals surface area contributed by atoms with E-state index in [0.29, 0.717) is 0 Å². The molecule has 0 aromatic carbocycles. The van der Waals surface area contributed by atoms with Gasteiger partial charge in [0.1, 0.15) is 0 Å². The zero-order chi connectivity index (χ0) is 5.86. The second kappa shape index (κ2) is 5.56. The Hall–Kier alpha value is 0.430. The Morgan fingerprint density at radius 2 is 2.25 bits per heavy atom. The Kier molecular flexibility index (Phi) is 7.83. The summed E-state index contributed by atoms with van der Waals surface area (Å²) in [4.78, 5) is 9.68. The van der Waals surface area contributed by atoms with Crippen molar-refractivity contribution in [3.8, 4) is 0 Å². The summed E-state index contributed by atoms with van der Waals surface area (Å²) in [6, 6.07) is 0. The zero-order valence-corrected chi connectivity index (χ0v) is 7.09. The minimum absolute atomic E-state index is 0. The smallest absolute Gasteiger partial charge is 1.00 e. The third kappa shape index (κ3) is 4.59. The Bertz CT molecular complexity index is 78.2. The molecular weight excluding hydrogens is 119 g/mol. The van der Waals surface area contributed by atoms with Crippen molar-refractivity contribution in [1.29, 1.82) is 0 Å². The van der Waals surface area contributed by atoms with Gasteiger partial charge in [0.05, 0.1) is 0 Å². The third-order valence-electron chi connectivity index (χ3n) is 0.672. The van der Waals surface area contributed by atoms with E-state index in [2.05, 4.69) is 0 Å². The molecule has 0 fully saturated rings. The molecule has 0 aliphatic rings. The van der Waals surface area contributed by atoms with Crippen molar-refractivity contribution < 1.29 is 46.0 Å². The van der Waals surface area contributed by atoms with Crippen molar-refractivity contribution >= 4 is 5.97 Å². The second-order valence-corrected chi connectivity index (χ2v) is 1.26. The first-order valence-corrected chi connectivity index (χ1v) is 2.09. The topological polar surface area (TPSA) is 57.5 Å². The van der Waals surface area contributed by atoms with Crippen LogP contribution in [0, 0.1) is 0 Å². The van der Waals surface area contributed by atoms with Gasteiger partial charge in [0.15, 0.2) is 6.10 Å². The van der Waals surface area contributed by atoms with E-state index < -0.39 is 12.1 Å². The molecule has 0 aromatic heterocycles. The largest absolute Gasteiger partial charge is 1.00 e. The summed E-state index contributed by atoms with van der Waals surface area (Å²) < 4.78 is 0. The summed E-state index contributed by atoms with van der Waals surface area (Å²) in [5, 5.41) is 16.3. The Balaban J connectivity index is -0.000000180. The quantitative estimate of drug-likeness (QED) is 0.389. The monoisotopic (exact) mass is 128 g/mol. The number of carbonyl (C=O) groups is 1. The molecule has 0 aromatic rings. The number of aliphatic hydroxyl groups is 1. The van der Waals surface area contributed by atoms with Crippen LogP contribution in [0.2, 0.25) is 0 Å². The minimum atomic E-state index is -1.18. The van der Waals surface area contributed by atoms with E-state index in [1.54, 1.807) is 6.92 Å². The van der Waals surface area contributed by atoms with Gasteiger partial charge in [-0.1, -0.05) is 6.92 Å². The van der Waals surface area contributed by atoms with Crippen LogP contribution < -0.4 is 29.6 Å². The Labute approximate surface area is 71.5 Å². The van der Waals surface area contributed by atoms with E-state index in [1.807, 2.05) is 0 Å². The number of aliphatic hydroxyl groups excluding tert-OH is 1. The van der Waals surface area contributed by atoms with Crippen molar-refractivity contribution in [2.45, 2.75) is 19.4 Å². The molecule has 0 saturated heterocycles. The van der Waals surface area contributed by atoms with Gasteiger partial charge >= 0.3 is 35.5 Å². The van der Waals surface area contributed by atoms with Crippen LogP contribution in [-0.4, -0.2) is 22.3 Å². The molecule has 0 bridgehead atoms. The predicted molar refractivity (Wildman–Crippen MR) is 25.0 cm³/mol. The fourth-order valence-electron chi connectivity index (χ4n) is 0.175. The summed E-state index contributed by atoms with van der Waals surface area (Å²) in [6.45, 7) is 1.61. The van der Waals surface area contributed by atoms with Crippen LogP contribution in [0.1, 0.15) is 14.8 Å². The van der Waals surface area contributed by atoms with Crippen molar-refractivity contribution in [1.82, 2.24) is 0 Å². The summed E-state index contributed by atoms with van der Waals surface area (Å²) in [7, 11) is 0. The molecule has 3 nitrogen and oxygen atoms in total. The molecule has 0 aliphatic heterocycles. The van der Waals surface area contributed by atoms with Gasteiger partial charge < -0.3 is 11.6 Å². The molecule has 0 heterocycles. The fourth-order valence-corrected chi connectivity index (χ4v) is 0.175. The van der Waals surface area contributed by atoms with Crippen molar-refractivity contribution in [3.63, 3.8) is 0 Å². The molecule has 0 radical (unpaired) electrons. The summed E-state index contributed by atoms with van der Waals surface area (Å²) in [5.74, 6) is -1.15. The van der Waals surface area contributed by atoms with Crippen LogP contribution >= 0.6 is 0 Å². The van der Waals surface area contributed by atoms with Gasteiger partial charge in [0.25, 0.3) is 0 Å². The van der Waals surface area contributed by atoms with Gasteiger partial charge in [0.2, 0.25) is 0 Å². The van der Waals surface area contributed by atoms with E-state index in [0.717, 1.165) is 0 Å². The first-order valence-electron chi connectivity index (χ1n) is 2.09. The number of aliphatic carboxylic acids is 1.